The smallest absolute Gasteiger partial charge is 0.306 e. The lowest BCUT2D eigenvalue weighted by Gasteiger charge is -2.18. The molecule has 0 aliphatic rings. The number of allylic oxidation sites excluding steroid dienone is 16. The minimum atomic E-state index is -0.794. The van der Waals surface area contributed by atoms with E-state index in [9.17, 15) is 14.4 Å². The second kappa shape index (κ2) is 58.9. The lowest BCUT2D eigenvalue weighted by molar-refractivity contribution is -0.167. The Bertz CT molecular complexity index is 1410. The van der Waals surface area contributed by atoms with Crippen LogP contribution < -0.4 is 0 Å². The van der Waals surface area contributed by atoms with Gasteiger partial charge < -0.3 is 14.2 Å². The van der Waals surface area contributed by atoms with Gasteiger partial charge in [-0.3, -0.25) is 14.4 Å². The minimum absolute atomic E-state index is 0.0915. The molecule has 0 radical (unpaired) electrons. The van der Waals surface area contributed by atoms with E-state index < -0.39 is 6.10 Å². The second-order valence-corrected chi connectivity index (χ2v) is 19.5. The summed E-state index contributed by atoms with van der Waals surface area (Å²) in [5.74, 6) is -0.919. The average Bonchev–Trinajstić information content (AvgIpc) is 3.37. The third kappa shape index (κ3) is 57.1. The van der Waals surface area contributed by atoms with Crippen LogP contribution in [0.4, 0.5) is 0 Å². The number of esters is 3. The van der Waals surface area contributed by atoms with Crippen molar-refractivity contribution >= 4 is 17.9 Å². The maximum Gasteiger partial charge on any atom is 0.306 e. The molecule has 1 unspecified atom stereocenters. The van der Waals surface area contributed by atoms with Crippen molar-refractivity contribution < 1.29 is 28.6 Å². The summed E-state index contributed by atoms with van der Waals surface area (Å²) in [6.45, 7) is 6.47. The zero-order valence-electron chi connectivity index (χ0n) is 46.5. The molecule has 0 aromatic rings. The molecule has 0 saturated carbocycles. The van der Waals surface area contributed by atoms with Crippen molar-refractivity contribution in [2.75, 3.05) is 13.2 Å². The number of hydrogen-bond donors (Lipinski definition) is 0. The van der Waals surface area contributed by atoms with E-state index in [1.165, 1.54) is 103 Å². The molecule has 0 aromatic carbocycles. The van der Waals surface area contributed by atoms with Crippen LogP contribution in [0.5, 0.6) is 0 Å². The summed E-state index contributed by atoms with van der Waals surface area (Å²) in [5.41, 5.74) is 0. The van der Waals surface area contributed by atoms with Gasteiger partial charge in [0.05, 0.1) is 0 Å². The van der Waals surface area contributed by atoms with Crippen LogP contribution in [0.25, 0.3) is 0 Å². The van der Waals surface area contributed by atoms with Crippen molar-refractivity contribution in [2.45, 2.75) is 284 Å². The fourth-order valence-electron chi connectivity index (χ4n) is 8.07. The van der Waals surface area contributed by atoms with Crippen molar-refractivity contribution in [3.63, 3.8) is 0 Å². The topological polar surface area (TPSA) is 78.9 Å². The molecule has 6 nitrogen and oxygen atoms in total. The molecular weight excluding hydrogens is 877 g/mol. The van der Waals surface area contributed by atoms with Crippen molar-refractivity contribution in [2.24, 2.45) is 0 Å². The normalized spacial score (nSPS) is 12.8. The molecule has 71 heavy (non-hydrogen) atoms. The van der Waals surface area contributed by atoms with Gasteiger partial charge in [-0.25, -0.2) is 0 Å². The van der Waals surface area contributed by atoms with Crippen LogP contribution in [0, 0.1) is 0 Å². The molecule has 0 rings (SSSR count). The third-order valence-corrected chi connectivity index (χ3v) is 12.5. The first-order chi connectivity index (χ1) is 35.0. The van der Waals surface area contributed by atoms with Crippen LogP contribution in [0.3, 0.4) is 0 Å². The van der Waals surface area contributed by atoms with E-state index >= 15 is 0 Å². The molecule has 0 bridgehead atoms. The van der Waals surface area contributed by atoms with Gasteiger partial charge in [0.2, 0.25) is 0 Å². The van der Waals surface area contributed by atoms with E-state index in [0.717, 1.165) is 135 Å². The molecule has 0 aromatic heterocycles. The number of ether oxygens (including phenoxy) is 3. The van der Waals surface area contributed by atoms with E-state index in [1.54, 1.807) is 0 Å². The molecule has 0 aliphatic heterocycles. The van der Waals surface area contributed by atoms with Gasteiger partial charge in [0.25, 0.3) is 0 Å². The van der Waals surface area contributed by atoms with Crippen LogP contribution in [-0.4, -0.2) is 37.2 Å². The molecule has 0 saturated heterocycles. The van der Waals surface area contributed by atoms with E-state index in [1.807, 2.05) is 0 Å². The standard InChI is InChI=1S/C65H110O6/c1-4-7-10-13-16-19-22-25-28-30-31-32-33-34-35-36-38-40-43-46-49-52-55-58-64(67)70-61-62(60-69-63(66)57-54-51-48-45-42-39-27-24-21-18-15-12-9-6-3)71-65(68)59-56-53-50-47-44-41-37-29-26-23-20-17-14-11-8-5-2/h7,10,15-16,18-19,24-25,27-29,31-32,34-35,37,62H,4-6,8-9,11-14,17,20-23,26,30,33,36,38-61H2,1-3H3/b10-7-,18-15-,19-16-,27-24-,28-25-,32-31-,35-34-,37-29-. The summed E-state index contributed by atoms with van der Waals surface area (Å²) in [5, 5.41) is 0. The Hall–Kier alpha value is -3.67. The molecule has 0 amide bonds. The highest BCUT2D eigenvalue weighted by Gasteiger charge is 2.19. The fourth-order valence-corrected chi connectivity index (χ4v) is 8.07. The number of rotatable bonds is 53. The highest BCUT2D eigenvalue weighted by molar-refractivity contribution is 5.71. The molecule has 1 atom stereocenters. The van der Waals surface area contributed by atoms with Gasteiger partial charge in [0.15, 0.2) is 6.10 Å². The molecule has 0 aliphatic carbocycles. The molecule has 0 heterocycles. The maximum atomic E-state index is 12.9. The fraction of sp³-hybridized carbons (Fsp3) is 0.708. The predicted molar refractivity (Wildman–Crippen MR) is 307 cm³/mol. The molecule has 6 heteroatoms. The van der Waals surface area contributed by atoms with Gasteiger partial charge in [-0.05, 0) is 116 Å². The van der Waals surface area contributed by atoms with E-state index in [2.05, 4.69) is 118 Å². The molecular formula is C65H110O6. The van der Waals surface area contributed by atoms with E-state index in [-0.39, 0.29) is 31.1 Å². The Kier molecular flexibility index (Phi) is 55.9. The number of carbonyl (C=O) groups is 3. The molecule has 406 valence electrons. The summed E-state index contributed by atoms with van der Waals surface area (Å²) in [4.78, 5) is 38.2. The molecule has 0 N–H and O–H groups in total. The SMILES string of the molecule is CC/C=C\C/C=C\C/C=C\C/C=C\C/C=C\CCCCCCCCCC(=O)OCC(COC(=O)CCCCCCC/C=C\C/C=C\CCCC)OC(=O)CCCCCCC/C=C\CCCCCCCCC. The van der Waals surface area contributed by atoms with Crippen LogP contribution in [0.2, 0.25) is 0 Å². The van der Waals surface area contributed by atoms with Gasteiger partial charge in [-0.15, -0.1) is 0 Å². The molecule has 0 spiro atoms. The molecule has 0 fully saturated rings. The monoisotopic (exact) mass is 987 g/mol. The van der Waals surface area contributed by atoms with Crippen molar-refractivity contribution in [3.05, 3.63) is 97.2 Å². The Morgan fingerprint density at radius 3 is 0.915 bits per heavy atom. The summed E-state index contributed by atoms with van der Waals surface area (Å²) in [6, 6.07) is 0. The first-order valence-corrected chi connectivity index (χ1v) is 29.7. The van der Waals surface area contributed by atoms with Gasteiger partial charge in [-0.1, -0.05) is 240 Å². The zero-order valence-corrected chi connectivity index (χ0v) is 46.5. The maximum absolute atomic E-state index is 12.9. The number of hydrogen-bond acceptors (Lipinski definition) is 6. The first kappa shape index (κ1) is 67.3. The lowest BCUT2D eigenvalue weighted by atomic mass is 10.1. The van der Waals surface area contributed by atoms with Crippen LogP contribution in [-0.2, 0) is 28.6 Å². The Balaban J connectivity index is 4.40. The summed E-state index contributed by atoms with van der Waals surface area (Å²) >= 11 is 0. The van der Waals surface area contributed by atoms with Gasteiger partial charge in [0.1, 0.15) is 13.2 Å². The third-order valence-electron chi connectivity index (χ3n) is 12.5. The van der Waals surface area contributed by atoms with E-state index in [0.29, 0.717) is 19.3 Å². The van der Waals surface area contributed by atoms with Crippen molar-refractivity contribution in [3.8, 4) is 0 Å². The van der Waals surface area contributed by atoms with Crippen LogP contribution >= 0.6 is 0 Å². The van der Waals surface area contributed by atoms with Gasteiger partial charge in [-0.2, -0.15) is 0 Å². The summed E-state index contributed by atoms with van der Waals surface area (Å²) in [6.07, 6.45) is 78.2. The average molecular weight is 988 g/mol. The second-order valence-electron chi connectivity index (χ2n) is 19.5. The predicted octanol–water partition coefficient (Wildman–Crippen LogP) is 20.1. The lowest BCUT2D eigenvalue weighted by Crippen LogP contribution is -2.30. The first-order valence-electron chi connectivity index (χ1n) is 29.7. The highest BCUT2D eigenvalue weighted by Crippen LogP contribution is 2.15. The Morgan fingerprint density at radius 2 is 0.563 bits per heavy atom. The highest BCUT2D eigenvalue weighted by atomic mass is 16.6. The van der Waals surface area contributed by atoms with Crippen LogP contribution in [0.15, 0.2) is 97.2 Å². The zero-order chi connectivity index (χ0) is 51.4. The Labute approximate surface area is 438 Å². The Morgan fingerprint density at radius 1 is 0.296 bits per heavy atom. The van der Waals surface area contributed by atoms with Crippen molar-refractivity contribution in [1.82, 2.24) is 0 Å². The van der Waals surface area contributed by atoms with E-state index in [4.69, 9.17) is 14.2 Å². The van der Waals surface area contributed by atoms with Gasteiger partial charge >= 0.3 is 17.9 Å². The minimum Gasteiger partial charge on any atom is -0.462 e. The van der Waals surface area contributed by atoms with Crippen molar-refractivity contribution in [1.29, 1.82) is 0 Å². The summed E-state index contributed by atoms with van der Waals surface area (Å²) in [7, 11) is 0. The number of carbonyl (C=O) groups excluding carboxylic acids is 3. The largest absolute Gasteiger partial charge is 0.462 e. The van der Waals surface area contributed by atoms with Crippen LogP contribution in [0.1, 0.15) is 278 Å². The summed E-state index contributed by atoms with van der Waals surface area (Å²) < 4.78 is 16.9. The van der Waals surface area contributed by atoms with Gasteiger partial charge in [0, 0.05) is 19.3 Å². The quantitative estimate of drug-likeness (QED) is 0.0261. The number of unbranched alkanes of at least 4 members (excludes halogenated alkanes) is 26.